The molecule has 20 aromatic carbocycles. The first-order chi connectivity index (χ1) is 65.6. The highest BCUT2D eigenvalue weighted by atomic mass is 16.5. The number of hydrogen-bond donors (Lipinski definition) is 0. The van der Waals surface area contributed by atoms with E-state index in [1.165, 1.54) is 220 Å². The van der Waals surface area contributed by atoms with Gasteiger partial charge in [0.2, 0.25) is 0 Å². The summed E-state index contributed by atoms with van der Waals surface area (Å²) in [6, 6.07) is 157. The van der Waals surface area contributed by atoms with Crippen LogP contribution in [-0.4, -0.2) is 45.1 Å². The molecule has 4 aromatic heterocycles. The average Bonchev–Trinajstić information content (AvgIpc) is 1.56. The predicted octanol–water partition coefficient (Wildman–Crippen LogP) is 21.5. The number of hydrogen-bond acceptors (Lipinski definition) is 4. The summed E-state index contributed by atoms with van der Waals surface area (Å²) in [5.41, 5.74) is 40.5. The van der Waals surface area contributed by atoms with Crippen LogP contribution in [0.4, 0.5) is 0 Å². The second-order valence-electron chi connectivity index (χ2n) is 35.7. The fraction of sp³-hybridized carbons (Fsp3) is 0. The molecule has 0 bridgehead atoms. The van der Waals surface area contributed by atoms with Gasteiger partial charge >= 0.3 is 0 Å². The van der Waals surface area contributed by atoms with Crippen molar-refractivity contribution in [2.75, 3.05) is 0 Å². The highest BCUT2D eigenvalue weighted by Gasteiger charge is 2.46. The number of fused-ring (bicyclic) bond motifs is 28. The van der Waals surface area contributed by atoms with Gasteiger partial charge in [-0.15, -0.1) is 0 Å². The van der Waals surface area contributed by atoms with Crippen LogP contribution in [0.15, 0.2) is 437 Å². The Balaban J connectivity index is 0.0000000862. The van der Waals surface area contributed by atoms with Gasteiger partial charge < -0.3 is 37.2 Å². The Kier molecular flexibility index (Phi) is 15.7. The maximum absolute atomic E-state index is 6.43. The first-order valence-electron chi connectivity index (χ1n) is 45.6. The van der Waals surface area contributed by atoms with Crippen LogP contribution in [0.3, 0.4) is 0 Å². The lowest BCUT2D eigenvalue weighted by Crippen LogP contribution is -2.58. The summed E-state index contributed by atoms with van der Waals surface area (Å²) in [4.78, 5) is 0. The van der Waals surface area contributed by atoms with Crippen LogP contribution < -0.4 is 84.5 Å². The molecule has 0 fully saturated rings. The lowest BCUT2D eigenvalue weighted by atomic mass is 9.34. The van der Waals surface area contributed by atoms with E-state index in [9.17, 15) is 0 Å². The Bertz CT molecular complexity index is 8990. The molecule has 24 aromatic rings. The van der Waals surface area contributed by atoms with Crippen molar-refractivity contribution in [2.24, 2.45) is 0 Å². The summed E-state index contributed by atoms with van der Waals surface area (Å²) in [5.74, 6) is 7.66. The van der Waals surface area contributed by atoms with E-state index in [1.807, 2.05) is 0 Å². The standard InChI is InChI=1S/4C30H18BNO/c1-2-9-19(10-3-1)20-17-18-23-30-28(20)21-11-4-6-13-24(21)32(30)25-14-8-16-27-29(25)31(23)22-12-5-7-15-26(22)33-27;1-2-9-19(10-3-1)20-11-6-12-21-22-13-7-15-24-30(22)32(29(20)21)25-16-8-18-27-28(25)31(24)23-14-4-5-17-26(23)33-27;1-2-8-19(9-3-1)20-16-17-21-22-10-6-12-24-30(22)32(26(21)18-20)25-13-7-15-28-29(25)31(24)23-11-4-5-14-27(23)33-28;1-2-8-19(9-3-1)20-16-17-25-22(18-20)21-10-6-12-24-30(21)32(25)26-13-7-15-28-29(26)31(24)23-11-4-5-14-27(23)33-28/h4*1-18H. The monoisotopic (exact) mass is 1680 g/mol. The van der Waals surface area contributed by atoms with E-state index in [2.05, 4.69) is 455 Å². The summed E-state index contributed by atoms with van der Waals surface area (Å²) >= 11 is 0. The van der Waals surface area contributed by atoms with Crippen molar-refractivity contribution in [1.29, 1.82) is 0 Å². The van der Waals surface area contributed by atoms with Crippen LogP contribution in [0, 0.1) is 0 Å². The molecule has 0 unspecified atom stereocenters. The minimum absolute atomic E-state index is 0.158. The van der Waals surface area contributed by atoms with E-state index >= 15 is 0 Å². The zero-order valence-corrected chi connectivity index (χ0v) is 71.3. The van der Waals surface area contributed by atoms with Crippen molar-refractivity contribution < 1.29 is 18.9 Å². The van der Waals surface area contributed by atoms with Crippen molar-refractivity contribution in [3.05, 3.63) is 437 Å². The maximum Gasteiger partial charge on any atom is 0.256 e. The Hall–Kier alpha value is -16.9. The molecular formula is C120H72B4N4O4. The number of aromatic nitrogens is 4. The normalized spacial score (nSPS) is 13.0. The Morgan fingerprint density at radius 2 is 0.477 bits per heavy atom. The van der Waals surface area contributed by atoms with Crippen molar-refractivity contribution in [3.8, 4) is 113 Å². The zero-order valence-electron chi connectivity index (χ0n) is 71.3. The van der Waals surface area contributed by atoms with Crippen molar-refractivity contribution in [2.45, 2.75) is 0 Å². The molecule has 12 heterocycles. The number of rotatable bonds is 4. The van der Waals surface area contributed by atoms with E-state index < -0.39 is 0 Å². The van der Waals surface area contributed by atoms with Gasteiger partial charge in [-0.05, 0) is 202 Å². The molecule has 0 spiro atoms. The lowest BCUT2D eigenvalue weighted by Gasteiger charge is -2.33. The molecule has 8 nitrogen and oxygen atoms in total. The second kappa shape index (κ2) is 28.3. The fourth-order valence-electron chi connectivity index (χ4n) is 23.8. The quantitative estimate of drug-likeness (QED) is 0.165. The van der Waals surface area contributed by atoms with Gasteiger partial charge in [0.1, 0.15) is 46.0 Å². The summed E-state index contributed by atoms with van der Waals surface area (Å²) in [5, 5.41) is 10.4. The van der Waals surface area contributed by atoms with Gasteiger partial charge in [0.05, 0.1) is 22.1 Å². The topological polar surface area (TPSA) is 56.6 Å². The van der Waals surface area contributed by atoms with Crippen molar-refractivity contribution in [3.63, 3.8) is 0 Å². The Labute approximate surface area is 761 Å². The number of benzene rings is 20. The van der Waals surface area contributed by atoms with Crippen LogP contribution in [0.1, 0.15) is 0 Å². The van der Waals surface area contributed by atoms with Gasteiger partial charge in [-0.3, -0.25) is 0 Å². The van der Waals surface area contributed by atoms with Gasteiger partial charge in [-0.2, -0.15) is 0 Å². The van der Waals surface area contributed by atoms with E-state index in [0.717, 1.165) is 46.0 Å². The number of ether oxygens (including phenoxy) is 4. The first-order valence-corrected chi connectivity index (χ1v) is 45.6. The maximum atomic E-state index is 6.43. The number of nitrogens with zero attached hydrogens (tertiary/aromatic N) is 4. The van der Waals surface area contributed by atoms with Gasteiger partial charge in [-0.25, -0.2) is 0 Å². The Morgan fingerprint density at radius 3 is 0.962 bits per heavy atom. The van der Waals surface area contributed by atoms with Crippen molar-refractivity contribution in [1.82, 2.24) is 18.3 Å². The molecule has 32 rings (SSSR count). The van der Waals surface area contributed by atoms with Gasteiger partial charge in [-0.1, -0.05) is 340 Å². The molecule has 8 aliphatic heterocycles. The second-order valence-corrected chi connectivity index (χ2v) is 35.7. The Morgan fingerprint density at radius 1 is 0.159 bits per heavy atom. The summed E-state index contributed by atoms with van der Waals surface area (Å²) < 4.78 is 35.5. The van der Waals surface area contributed by atoms with Crippen LogP contribution in [0.2, 0.25) is 0 Å². The number of para-hydroxylation sites is 9. The summed E-state index contributed by atoms with van der Waals surface area (Å²) in [6.45, 7) is 0.678. The molecule has 0 saturated carbocycles. The lowest BCUT2D eigenvalue weighted by molar-refractivity contribution is 0.487. The van der Waals surface area contributed by atoms with E-state index in [0.29, 0.717) is 0 Å². The molecule has 12 heteroatoms. The third-order valence-electron chi connectivity index (χ3n) is 29.0. The molecule has 8 aliphatic rings. The largest absolute Gasteiger partial charge is 0.458 e. The fourth-order valence-corrected chi connectivity index (χ4v) is 23.8. The van der Waals surface area contributed by atoms with E-state index in [-0.39, 0.29) is 26.9 Å². The van der Waals surface area contributed by atoms with Crippen LogP contribution in [0.5, 0.6) is 46.0 Å². The first kappa shape index (κ1) is 73.1. The minimum Gasteiger partial charge on any atom is -0.458 e. The molecule has 0 aliphatic carbocycles. The molecule has 608 valence electrons. The SMILES string of the molecule is c1ccc(-c2ccc3c(c2)c2cccc4c2n3-c2cccc3c2B4c2ccccc2O3)cc1.c1ccc(-c2ccc3c4c2c2ccccc2n4-c2cccc4c2B3c2ccccc2O4)cc1.c1ccc(-c2ccc3c4cccc5c4n(c3c2)-c2cccc3c2B5c2ccccc2O3)cc1.c1ccc(-c2cccc3c4cccc5c4n(c23)-c2cccc3c2B5c2ccccc2O3)cc1. The summed E-state index contributed by atoms with van der Waals surface area (Å²) in [7, 11) is 0. The third-order valence-corrected chi connectivity index (χ3v) is 29.0. The molecular weight excluding hydrogens is 1600 g/mol. The molecule has 0 saturated heterocycles. The molecule has 0 atom stereocenters. The van der Waals surface area contributed by atoms with E-state index in [1.54, 1.807) is 0 Å². The van der Waals surface area contributed by atoms with Gasteiger partial charge in [0, 0.05) is 93.5 Å². The molecule has 0 N–H and O–H groups in total. The third kappa shape index (κ3) is 10.4. The smallest absolute Gasteiger partial charge is 0.256 e. The highest BCUT2D eigenvalue weighted by molar-refractivity contribution is 7.01. The van der Waals surface area contributed by atoms with Crippen LogP contribution in [0.25, 0.3) is 154 Å². The average molecular weight is 1680 g/mol. The molecule has 0 radical (unpaired) electrons. The predicted molar refractivity (Wildman–Crippen MR) is 550 cm³/mol. The van der Waals surface area contributed by atoms with E-state index in [4.69, 9.17) is 18.9 Å². The minimum atomic E-state index is 0.158. The van der Waals surface area contributed by atoms with Crippen LogP contribution in [-0.2, 0) is 0 Å². The molecule has 0 amide bonds. The highest BCUT2D eigenvalue weighted by Crippen LogP contribution is 2.47. The van der Waals surface area contributed by atoms with Gasteiger partial charge in [0.25, 0.3) is 26.9 Å². The van der Waals surface area contributed by atoms with Gasteiger partial charge in [0.15, 0.2) is 0 Å². The summed E-state index contributed by atoms with van der Waals surface area (Å²) in [6.07, 6.45) is 0. The zero-order chi connectivity index (χ0) is 86.1. The van der Waals surface area contributed by atoms with Crippen molar-refractivity contribution >= 4 is 180 Å². The molecule has 132 heavy (non-hydrogen) atoms. The van der Waals surface area contributed by atoms with Crippen LogP contribution >= 0.6 is 0 Å².